The standard InChI is InChI=1S/C18H29NO2/c1-5-18(6-2,11-20)10-19-14-9-13(4)16-12(3)7-8-15(21)17(14)16/h7-8,13-14,19-21H,5-6,9-11H2,1-4H3. The number of nitrogens with one attached hydrogen (secondary N) is 1. The van der Waals surface area contributed by atoms with Crippen molar-refractivity contribution >= 4 is 0 Å². The molecule has 0 spiro atoms. The van der Waals surface area contributed by atoms with Crippen LogP contribution in [-0.2, 0) is 0 Å². The molecule has 1 aliphatic rings. The van der Waals surface area contributed by atoms with Crippen LogP contribution in [0.1, 0.15) is 68.7 Å². The summed E-state index contributed by atoms with van der Waals surface area (Å²) in [4.78, 5) is 0. The number of aryl methyl sites for hydroxylation is 1. The Labute approximate surface area is 128 Å². The van der Waals surface area contributed by atoms with Crippen molar-refractivity contribution in [1.29, 1.82) is 0 Å². The lowest BCUT2D eigenvalue weighted by Crippen LogP contribution is -2.37. The van der Waals surface area contributed by atoms with E-state index in [-0.39, 0.29) is 18.1 Å². The van der Waals surface area contributed by atoms with E-state index in [1.165, 1.54) is 11.1 Å². The molecular formula is C18H29NO2. The molecule has 118 valence electrons. The van der Waals surface area contributed by atoms with Crippen molar-refractivity contribution in [3.05, 3.63) is 28.8 Å². The van der Waals surface area contributed by atoms with Crippen LogP contribution in [0.2, 0.25) is 0 Å². The van der Waals surface area contributed by atoms with Gasteiger partial charge in [-0.05, 0) is 49.3 Å². The Morgan fingerprint density at radius 1 is 1.24 bits per heavy atom. The van der Waals surface area contributed by atoms with Gasteiger partial charge in [0.15, 0.2) is 0 Å². The monoisotopic (exact) mass is 291 g/mol. The molecule has 2 atom stereocenters. The van der Waals surface area contributed by atoms with Gasteiger partial charge in [0.1, 0.15) is 5.75 Å². The van der Waals surface area contributed by atoms with Crippen molar-refractivity contribution in [2.24, 2.45) is 5.41 Å². The average molecular weight is 291 g/mol. The van der Waals surface area contributed by atoms with E-state index < -0.39 is 0 Å². The summed E-state index contributed by atoms with van der Waals surface area (Å²) in [5.41, 5.74) is 3.58. The smallest absolute Gasteiger partial charge is 0.120 e. The fraction of sp³-hybridized carbons (Fsp3) is 0.667. The molecule has 2 rings (SSSR count). The predicted octanol–water partition coefficient (Wildman–Crippen LogP) is 3.64. The van der Waals surface area contributed by atoms with Gasteiger partial charge in [0.05, 0.1) is 0 Å². The number of aliphatic hydroxyl groups is 1. The molecular weight excluding hydrogens is 262 g/mol. The number of aliphatic hydroxyl groups excluding tert-OH is 1. The van der Waals surface area contributed by atoms with E-state index in [1.54, 1.807) is 6.07 Å². The van der Waals surface area contributed by atoms with Crippen molar-refractivity contribution in [2.45, 2.75) is 58.9 Å². The van der Waals surface area contributed by atoms with E-state index in [1.807, 2.05) is 6.07 Å². The number of aromatic hydroxyl groups is 1. The van der Waals surface area contributed by atoms with Crippen LogP contribution in [0.5, 0.6) is 5.75 Å². The van der Waals surface area contributed by atoms with Crippen LogP contribution in [0.3, 0.4) is 0 Å². The van der Waals surface area contributed by atoms with Crippen LogP contribution < -0.4 is 5.32 Å². The zero-order valence-corrected chi connectivity index (χ0v) is 13.7. The maximum absolute atomic E-state index is 10.3. The highest BCUT2D eigenvalue weighted by Crippen LogP contribution is 2.46. The minimum Gasteiger partial charge on any atom is -0.508 e. The minimum absolute atomic E-state index is 0.0502. The highest BCUT2D eigenvalue weighted by atomic mass is 16.3. The molecule has 0 amide bonds. The molecule has 0 radical (unpaired) electrons. The van der Waals surface area contributed by atoms with Gasteiger partial charge >= 0.3 is 0 Å². The first-order valence-electron chi connectivity index (χ1n) is 8.14. The lowest BCUT2D eigenvalue weighted by atomic mass is 9.83. The number of hydrogen-bond donors (Lipinski definition) is 3. The minimum atomic E-state index is -0.0502. The lowest BCUT2D eigenvalue weighted by molar-refractivity contribution is 0.109. The highest BCUT2D eigenvalue weighted by molar-refractivity contribution is 5.50. The maximum atomic E-state index is 10.3. The number of phenols is 1. The first kappa shape index (κ1) is 16.3. The number of phenolic OH excluding ortho intramolecular Hbond substituents is 1. The maximum Gasteiger partial charge on any atom is 0.120 e. The lowest BCUT2D eigenvalue weighted by Gasteiger charge is -2.31. The highest BCUT2D eigenvalue weighted by Gasteiger charge is 2.34. The summed E-state index contributed by atoms with van der Waals surface area (Å²) in [6.07, 6.45) is 2.94. The van der Waals surface area contributed by atoms with Crippen molar-refractivity contribution in [2.75, 3.05) is 13.2 Å². The zero-order valence-electron chi connectivity index (χ0n) is 13.7. The number of rotatable bonds is 6. The molecule has 2 unspecified atom stereocenters. The Hall–Kier alpha value is -1.06. The van der Waals surface area contributed by atoms with Crippen LogP contribution in [0.4, 0.5) is 0 Å². The summed E-state index contributed by atoms with van der Waals surface area (Å²) in [5.74, 6) is 0.872. The molecule has 0 aliphatic heterocycles. The third-order valence-corrected chi connectivity index (χ3v) is 5.47. The second-order valence-electron chi connectivity index (χ2n) is 6.66. The molecule has 0 aromatic heterocycles. The molecule has 3 N–H and O–H groups in total. The Bertz CT molecular complexity index is 486. The average Bonchev–Trinajstić information content (AvgIpc) is 2.83. The summed E-state index contributed by atoms with van der Waals surface area (Å²) < 4.78 is 0. The molecule has 1 aromatic rings. The second kappa shape index (κ2) is 6.37. The molecule has 0 bridgehead atoms. The first-order valence-corrected chi connectivity index (χ1v) is 8.14. The summed E-state index contributed by atoms with van der Waals surface area (Å²) in [6, 6.07) is 4.00. The molecule has 1 aliphatic carbocycles. The fourth-order valence-electron chi connectivity index (χ4n) is 3.65. The molecule has 3 heteroatoms. The van der Waals surface area contributed by atoms with Crippen LogP contribution in [0.15, 0.2) is 12.1 Å². The Balaban J connectivity index is 2.20. The van der Waals surface area contributed by atoms with E-state index >= 15 is 0 Å². The van der Waals surface area contributed by atoms with Crippen molar-refractivity contribution < 1.29 is 10.2 Å². The molecule has 0 heterocycles. The van der Waals surface area contributed by atoms with Gasteiger partial charge in [0.2, 0.25) is 0 Å². The Morgan fingerprint density at radius 3 is 2.48 bits per heavy atom. The van der Waals surface area contributed by atoms with Crippen LogP contribution in [-0.4, -0.2) is 23.4 Å². The molecule has 0 fully saturated rings. The summed E-state index contributed by atoms with van der Waals surface area (Å²) >= 11 is 0. The Kier molecular flexibility index (Phi) is 4.95. The van der Waals surface area contributed by atoms with Gasteiger partial charge < -0.3 is 15.5 Å². The van der Waals surface area contributed by atoms with Crippen molar-refractivity contribution in [1.82, 2.24) is 5.32 Å². The van der Waals surface area contributed by atoms with E-state index in [4.69, 9.17) is 0 Å². The third kappa shape index (κ3) is 2.95. The molecule has 3 nitrogen and oxygen atoms in total. The van der Waals surface area contributed by atoms with Gasteiger partial charge in [0.25, 0.3) is 0 Å². The van der Waals surface area contributed by atoms with E-state index in [0.29, 0.717) is 11.7 Å². The quantitative estimate of drug-likeness (QED) is 0.750. The molecule has 1 aromatic carbocycles. The van der Waals surface area contributed by atoms with Crippen LogP contribution in [0, 0.1) is 12.3 Å². The molecule has 0 saturated carbocycles. The largest absolute Gasteiger partial charge is 0.508 e. The normalized spacial score (nSPS) is 21.6. The number of hydrogen-bond acceptors (Lipinski definition) is 3. The van der Waals surface area contributed by atoms with Crippen LogP contribution in [0.25, 0.3) is 0 Å². The third-order valence-electron chi connectivity index (χ3n) is 5.47. The summed E-state index contributed by atoms with van der Waals surface area (Å²) in [6.45, 7) is 9.62. The summed E-state index contributed by atoms with van der Waals surface area (Å²) in [5, 5.41) is 23.6. The SMILES string of the molecule is CCC(CC)(CO)CNC1CC(C)c2c(C)ccc(O)c21. The molecule has 21 heavy (non-hydrogen) atoms. The van der Waals surface area contributed by atoms with E-state index in [0.717, 1.165) is 31.4 Å². The van der Waals surface area contributed by atoms with Gasteiger partial charge in [-0.3, -0.25) is 0 Å². The van der Waals surface area contributed by atoms with Gasteiger partial charge in [-0.2, -0.15) is 0 Å². The van der Waals surface area contributed by atoms with E-state index in [2.05, 4.69) is 33.0 Å². The summed E-state index contributed by atoms with van der Waals surface area (Å²) in [7, 11) is 0. The molecule has 0 saturated heterocycles. The number of fused-ring (bicyclic) bond motifs is 1. The van der Waals surface area contributed by atoms with Crippen molar-refractivity contribution in [3.63, 3.8) is 0 Å². The second-order valence-corrected chi connectivity index (χ2v) is 6.66. The number of benzene rings is 1. The van der Waals surface area contributed by atoms with Gasteiger partial charge in [-0.25, -0.2) is 0 Å². The Morgan fingerprint density at radius 2 is 1.90 bits per heavy atom. The predicted molar refractivity (Wildman–Crippen MR) is 86.7 cm³/mol. The first-order chi connectivity index (χ1) is 9.98. The van der Waals surface area contributed by atoms with Gasteiger partial charge in [-0.15, -0.1) is 0 Å². The van der Waals surface area contributed by atoms with E-state index in [9.17, 15) is 10.2 Å². The van der Waals surface area contributed by atoms with Gasteiger partial charge in [0, 0.05) is 30.2 Å². The van der Waals surface area contributed by atoms with Crippen molar-refractivity contribution in [3.8, 4) is 5.75 Å². The van der Waals surface area contributed by atoms with Gasteiger partial charge in [-0.1, -0.05) is 26.8 Å². The van der Waals surface area contributed by atoms with Crippen LogP contribution >= 0.6 is 0 Å². The fourth-order valence-corrected chi connectivity index (χ4v) is 3.65. The topological polar surface area (TPSA) is 52.5 Å². The zero-order chi connectivity index (χ0) is 15.6.